The molecule has 0 heterocycles. The predicted octanol–water partition coefficient (Wildman–Crippen LogP) is 4.74. The topological polar surface area (TPSA) is 0 Å². The van der Waals surface area contributed by atoms with Gasteiger partial charge in [0.2, 0.25) is 0 Å². The van der Waals surface area contributed by atoms with Gasteiger partial charge in [-0.3, -0.25) is 0 Å². The minimum Gasteiger partial charge on any atom is -0.0651 e. The van der Waals surface area contributed by atoms with Crippen LogP contribution in [0.2, 0.25) is 0 Å². The molecule has 0 N–H and O–H groups in total. The Morgan fingerprint density at radius 1 is 1.19 bits per heavy atom. The first-order valence-corrected chi connectivity index (χ1v) is 7.54. The van der Waals surface area contributed by atoms with Crippen molar-refractivity contribution in [3.8, 4) is 0 Å². The van der Waals surface area contributed by atoms with Crippen molar-refractivity contribution in [1.82, 2.24) is 0 Å². The van der Waals surface area contributed by atoms with Crippen LogP contribution in [0.25, 0.3) is 0 Å². The summed E-state index contributed by atoms with van der Waals surface area (Å²) in [5.41, 5.74) is 0.643. The zero-order valence-electron chi connectivity index (χ0n) is 11.5. The van der Waals surface area contributed by atoms with Crippen molar-refractivity contribution in [3.63, 3.8) is 0 Å². The molecule has 0 aromatic heterocycles. The first-order valence-electron chi connectivity index (χ1n) is 7.54. The molecule has 3 fully saturated rings. The molecular formula is C16H28. The van der Waals surface area contributed by atoms with E-state index < -0.39 is 0 Å². The molecule has 0 amide bonds. The van der Waals surface area contributed by atoms with Crippen molar-refractivity contribution >= 4 is 0 Å². The molecule has 6 atom stereocenters. The first-order chi connectivity index (χ1) is 7.54. The lowest BCUT2D eigenvalue weighted by Gasteiger charge is -2.51. The zero-order valence-corrected chi connectivity index (χ0v) is 11.5. The minimum atomic E-state index is 0.643. The van der Waals surface area contributed by atoms with Crippen molar-refractivity contribution in [2.45, 2.75) is 59.8 Å². The highest BCUT2D eigenvalue weighted by Gasteiger charge is 2.59. The summed E-state index contributed by atoms with van der Waals surface area (Å²) in [6.07, 6.45) is 7.61. The molecule has 0 heteroatoms. The molecule has 3 aliphatic rings. The second-order valence-corrected chi connectivity index (χ2v) is 7.67. The van der Waals surface area contributed by atoms with E-state index in [4.69, 9.17) is 0 Å². The molecule has 0 aliphatic heterocycles. The van der Waals surface area contributed by atoms with Crippen LogP contribution in [-0.4, -0.2) is 0 Å². The summed E-state index contributed by atoms with van der Waals surface area (Å²) < 4.78 is 0. The maximum Gasteiger partial charge on any atom is -0.0298 e. The van der Waals surface area contributed by atoms with E-state index in [-0.39, 0.29) is 0 Å². The van der Waals surface area contributed by atoms with E-state index in [1.165, 1.54) is 19.3 Å². The van der Waals surface area contributed by atoms with E-state index in [2.05, 4.69) is 27.7 Å². The van der Waals surface area contributed by atoms with Crippen LogP contribution < -0.4 is 0 Å². The van der Waals surface area contributed by atoms with Crippen molar-refractivity contribution in [2.75, 3.05) is 0 Å². The van der Waals surface area contributed by atoms with Gasteiger partial charge in [0.15, 0.2) is 0 Å². The predicted molar refractivity (Wildman–Crippen MR) is 69.2 cm³/mol. The van der Waals surface area contributed by atoms with Crippen LogP contribution in [0, 0.1) is 40.9 Å². The van der Waals surface area contributed by atoms with Crippen LogP contribution in [0.1, 0.15) is 59.8 Å². The lowest BCUT2D eigenvalue weighted by atomic mass is 9.54. The van der Waals surface area contributed by atoms with Crippen LogP contribution in [0.4, 0.5) is 0 Å². The third-order valence-electron chi connectivity index (χ3n) is 6.57. The monoisotopic (exact) mass is 220 g/mol. The number of hydrogen-bond donors (Lipinski definition) is 0. The summed E-state index contributed by atoms with van der Waals surface area (Å²) in [6, 6.07) is 0. The Morgan fingerprint density at radius 2 is 1.94 bits per heavy atom. The normalized spacial score (nSPS) is 50.6. The molecular weight excluding hydrogens is 192 g/mol. The van der Waals surface area contributed by atoms with Crippen molar-refractivity contribution in [3.05, 3.63) is 0 Å². The maximum absolute atomic E-state index is 2.56. The van der Waals surface area contributed by atoms with Crippen molar-refractivity contribution < 1.29 is 0 Å². The van der Waals surface area contributed by atoms with Gasteiger partial charge in [-0.2, -0.15) is 0 Å². The third kappa shape index (κ3) is 1.34. The highest BCUT2D eigenvalue weighted by atomic mass is 14.6. The van der Waals surface area contributed by atoms with Gasteiger partial charge in [0, 0.05) is 0 Å². The maximum atomic E-state index is 2.56. The second-order valence-electron chi connectivity index (χ2n) is 7.67. The quantitative estimate of drug-likeness (QED) is 0.630. The van der Waals surface area contributed by atoms with E-state index in [9.17, 15) is 0 Å². The number of hydrogen-bond acceptors (Lipinski definition) is 0. The fourth-order valence-electron chi connectivity index (χ4n) is 5.78. The van der Waals surface area contributed by atoms with Crippen molar-refractivity contribution in [2.24, 2.45) is 40.9 Å². The minimum absolute atomic E-state index is 0.643. The molecule has 0 saturated heterocycles. The summed E-state index contributed by atoms with van der Waals surface area (Å²) in [7, 11) is 0. The highest BCUT2D eigenvalue weighted by Crippen LogP contribution is 2.67. The third-order valence-corrected chi connectivity index (χ3v) is 6.57. The molecule has 3 saturated carbocycles. The average molecular weight is 220 g/mol. The van der Waals surface area contributed by atoms with Crippen LogP contribution >= 0.6 is 0 Å². The highest BCUT2D eigenvalue weighted by molar-refractivity contribution is 5.08. The van der Waals surface area contributed by atoms with E-state index in [0.717, 1.165) is 35.5 Å². The van der Waals surface area contributed by atoms with E-state index in [1.807, 2.05) is 0 Å². The fraction of sp³-hybridized carbons (Fsp3) is 1.00. The molecule has 0 radical (unpaired) electrons. The lowest BCUT2D eigenvalue weighted by molar-refractivity contribution is -0.0257. The van der Waals surface area contributed by atoms with E-state index in [1.54, 1.807) is 12.8 Å². The molecule has 0 aromatic carbocycles. The van der Waals surface area contributed by atoms with Gasteiger partial charge in [0.25, 0.3) is 0 Å². The molecule has 0 spiro atoms. The summed E-state index contributed by atoms with van der Waals surface area (Å²) >= 11 is 0. The average Bonchev–Trinajstić information content (AvgIpc) is 2.81. The number of rotatable bonds is 2. The Hall–Kier alpha value is 0. The van der Waals surface area contributed by atoms with Gasteiger partial charge in [-0.05, 0) is 66.6 Å². The van der Waals surface area contributed by atoms with Gasteiger partial charge in [0.05, 0.1) is 0 Å². The van der Waals surface area contributed by atoms with Gasteiger partial charge >= 0.3 is 0 Å². The van der Waals surface area contributed by atoms with Crippen LogP contribution in [-0.2, 0) is 0 Å². The molecule has 92 valence electrons. The van der Waals surface area contributed by atoms with E-state index >= 15 is 0 Å². The van der Waals surface area contributed by atoms with Gasteiger partial charge < -0.3 is 0 Å². The Labute approximate surface area is 101 Å². The van der Waals surface area contributed by atoms with Gasteiger partial charge in [0.1, 0.15) is 0 Å². The zero-order chi connectivity index (χ0) is 11.5. The molecule has 4 unspecified atom stereocenters. The molecule has 0 aromatic rings. The molecule has 3 rings (SSSR count). The molecule has 3 aliphatic carbocycles. The van der Waals surface area contributed by atoms with Crippen LogP contribution in [0.5, 0.6) is 0 Å². The molecule has 16 heavy (non-hydrogen) atoms. The van der Waals surface area contributed by atoms with Crippen LogP contribution in [0.15, 0.2) is 0 Å². The van der Waals surface area contributed by atoms with Gasteiger partial charge in [-0.1, -0.05) is 34.1 Å². The Kier molecular flexibility index (Phi) is 2.43. The first kappa shape index (κ1) is 11.1. The molecule has 2 bridgehead atoms. The Morgan fingerprint density at radius 3 is 2.62 bits per heavy atom. The lowest BCUT2D eigenvalue weighted by Crippen LogP contribution is -2.44. The summed E-state index contributed by atoms with van der Waals surface area (Å²) in [4.78, 5) is 0. The summed E-state index contributed by atoms with van der Waals surface area (Å²) in [5.74, 6) is 6.46. The smallest absolute Gasteiger partial charge is 0.0298 e. The number of fused-ring (bicyclic) bond motifs is 1. The fourth-order valence-corrected chi connectivity index (χ4v) is 5.78. The SMILES string of the molecule is CC[C@@H](C)C1C2CC3CCC(C)(C)[C@H]1C3C2. The summed E-state index contributed by atoms with van der Waals surface area (Å²) in [6.45, 7) is 10.0. The standard InChI is InChI=1S/C16H28/c1-5-10(2)14-12-8-11-6-7-16(3,4)15(14)13(11)9-12/h10-15H,5-9H2,1-4H3/t10-,11?,12?,13?,14?,15+/m1/s1. The van der Waals surface area contributed by atoms with Crippen molar-refractivity contribution in [1.29, 1.82) is 0 Å². The Balaban J connectivity index is 1.91. The molecule has 0 nitrogen and oxygen atoms in total. The van der Waals surface area contributed by atoms with Gasteiger partial charge in [-0.25, -0.2) is 0 Å². The Bertz CT molecular complexity index is 278. The largest absolute Gasteiger partial charge is 0.0651 e. The second kappa shape index (κ2) is 3.50. The van der Waals surface area contributed by atoms with Gasteiger partial charge in [-0.15, -0.1) is 0 Å². The van der Waals surface area contributed by atoms with E-state index in [0.29, 0.717) is 5.41 Å². The summed E-state index contributed by atoms with van der Waals surface area (Å²) in [5, 5.41) is 0. The van der Waals surface area contributed by atoms with Crippen LogP contribution in [0.3, 0.4) is 0 Å².